The number of aliphatic hydroxyl groups is 1. The molecular weight excluding hydrogens is 224 g/mol. The number of rotatable bonds is 6. The molecule has 0 rings (SSSR count). The van der Waals surface area contributed by atoms with Gasteiger partial charge in [-0.05, 0) is 19.8 Å². The molecule has 6 nitrogen and oxygen atoms in total. The first-order valence-corrected chi connectivity index (χ1v) is 5.43. The highest BCUT2D eigenvalue weighted by molar-refractivity contribution is 5.85. The molecule has 0 radical (unpaired) electrons. The standard InChI is InChI=1S/C11H22N2O4/c1-7(2)11(4,8(12)14)13-6-10(3,16)9(15)17-5/h7,13,16H,6H2,1-5H3,(H2,12,14). The van der Waals surface area contributed by atoms with E-state index in [2.05, 4.69) is 10.1 Å². The summed E-state index contributed by atoms with van der Waals surface area (Å²) >= 11 is 0. The van der Waals surface area contributed by atoms with Crippen molar-refractivity contribution in [1.82, 2.24) is 5.32 Å². The average Bonchev–Trinajstić information content (AvgIpc) is 2.23. The van der Waals surface area contributed by atoms with Crippen molar-refractivity contribution in [2.75, 3.05) is 13.7 Å². The Kier molecular flexibility index (Phi) is 5.10. The molecule has 0 aromatic rings. The maximum Gasteiger partial charge on any atom is 0.338 e. The van der Waals surface area contributed by atoms with Gasteiger partial charge in [-0.1, -0.05) is 13.8 Å². The predicted octanol–water partition coefficient (Wildman–Crippen LogP) is -0.600. The number of nitrogens with two attached hydrogens (primary N) is 1. The molecular formula is C11H22N2O4. The third-order valence-corrected chi connectivity index (χ3v) is 3.09. The van der Waals surface area contributed by atoms with E-state index in [4.69, 9.17) is 5.73 Å². The second-order valence-electron chi connectivity index (χ2n) is 4.84. The molecule has 100 valence electrons. The lowest BCUT2D eigenvalue weighted by Crippen LogP contribution is -2.61. The van der Waals surface area contributed by atoms with Crippen molar-refractivity contribution in [3.8, 4) is 0 Å². The summed E-state index contributed by atoms with van der Waals surface area (Å²) in [6.45, 7) is 6.48. The molecule has 17 heavy (non-hydrogen) atoms. The Labute approximate surface area is 102 Å². The van der Waals surface area contributed by atoms with Crippen molar-refractivity contribution in [2.45, 2.75) is 38.8 Å². The molecule has 2 unspecified atom stereocenters. The zero-order valence-corrected chi connectivity index (χ0v) is 11.0. The first kappa shape index (κ1) is 15.9. The van der Waals surface area contributed by atoms with E-state index in [-0.39, 0.29) is 12.5 Å². The SMILES string of the molecule is COC(=O)C(C)(O)CNC(C)(C(N)=O)C(C)C. The first-order valence-electron chi connectivity index (χ1n) is 5.43. The fourth-order valence-corrected chi connectivity index (χ4v) is 1.22. The summed E-state index contributed by atoms with van der Waals surface area (Å²) in [6, 6.07) is 0. The van der Waals surface area contributed by atoms with E-state index in [1.807, 2.05) is 13.8 Å². The second kappa shape index (κ2) is 5.46. The lowest BCUT2D eigenvalue weighted by molar-refractivity contribution is -0.160. The van der Waals surface area contributed by atoms with Crippen LogP contribution in [0.4, 0.5) is 0 Å². The van der Waals surface area contributed by atoms with Crippen molar-refractivity contribution in [2.24, 2.45) is 11.7 Å². The summed E-state index contributed by atoms with van der Waals surface area (Å²) in [5.41, 5.74) is 2.63. The average molecular weight is 246 g/mol. The van der Waals surface area contributed by atoms with Crippen molar-refractivity contribution < 1.29 is 19.4 Å². The molecule has 0 aliphatic rings. The molecule has 1 amide bonds. The predicted molar refractivity (Wildman–Crippen MR) is 63.1 cm³/mol. The molecule has 6 heteroatoms. The number of nitrogens with one attached hydrogen (secondary N) is 1. The number of esters is 1. The number of carbonyl (C=O) groups is 2. The van der Waals surface area contributed by atoms with E-state index in [0.717, 1.165) is 0 Å². The van der Waals surface area contributed by atoms with Crippen LogP contribution in [0.15, 0.2) is 0 Å². The Balaban J connectivity index is 4.74. The summed E-state index contributed by atoms with van der Waals surface area (Å²) in [5, 5.41) is 12.6. The van der Waals surface area contributed by atoms with Crippen molar-refractivity contribution >= 4 is 11.9 Å². The van der Waals surface area contributed by atoms with Crippen molar-refractivity contribution in [3.63, 3.8) is 0 Å². The third kappa shape index (κ3) is 3.67. The van der Waals surface area contributed by atoms with Gasteiger partial charge >= 0.3 is 5.97 Å². The van der Waals surface area contributed by atoms with Crippen LogP contribution in [0.25, 0.3) is 0 Å². The lowest BCUT2D eigenvalue weighted by atomic mass is 9.87. The molecule has 0 saturated carbocycles. The van der Waals surface area contributed by atoms with Gasteiger partial charge in [0, 0.05) is 6.54 Å². The highest BCUT2D eigenvalue weighted by atomic mass is 16.5. The fourth-order valence-electron chi connectivity index (χ4n) is 1.22. The van der Waals surface area contributed by atoms with Crippen LogP contribution in [0.5, 0.6) is 0 Å². The number of methoxy groups -OCH3 is 1. The molecule has 0 heterocycles. The van der Waals surface area contributed by atoms with Gasteiger partial charge in [0.15, 0.2) is 5.60 Å². The quantitative estimate of drug-likeness (QED) is 0.543. The van der Waals surface area contributed by atoms with Gasteiger partial charge in [-0.25, -0.2) is 4.79 Å². The van der Waals surface area contributed by atoms with Crippen LogP contribution >= 0.6 is 0 Å². The van der Waals surface area contributed by atoms with Crippen molar-refractivity contribution in [1.29, 1.82) is 0 Å². The molecule has 0 saturated heterocycles. The van der Waals surface area contributed by atoms with Crippen LogP contribution in [-0.2, 0) is 14.3 Å². The number of β-amino-alcohol motifs (C(OH)–C–C–N with tert-alkyl or cyclic N) is 1. The second-order valence-corrected chi connectivity index (χ2v) is 4.84. The third-order valence-electron chi connectivity index (χ3n) is 3.09. The zero-order chi connectivity index (χ0) is 13.9. The molecule has 0 spiro atoms. The molecule has 0 aliphatic heterocycles. The number of hydrogen-bond donors (Lipinski definition) is 3. The monoisotopic (exact) mass is 246 g/mol. The van der Waals surface area contributed by atoms with Crippen LogP contribution in [0, 0.1) is 5.92 Å². The Morgan fingerprint density at radius 2 is 1.88 bits per heavy atom. The van der Waals surface area contributed by atoms with Crippen LogP contribution in [0.2, 0.25) is 0 Å². The minimum atomic E-state index is -1.69. The lowest BCUT2D eigenvalue weighted by Gasteiger charge is -2.34. The Hall–Kier alpha value is -1.14. The van der Waals surface area contributed by atoms with Crippen LogP contribution in [0.3, 0.4) is 0 Å². The largest absolute Gasteiger partial charge is 0.467 e. The van der Waals surface area contributed by atoms with Crippen LogP contribution in [-0.4, -0.2) is 41.8 Å². The Bertz CT molecular complexity index is 302. The molecule has 0 aromatic heterocycles. The van der Waals surface area contributed by atoms with Gasteiger partial charge in [-0.15, -0.1) is 0 Å². The topological polar surface area (TPSA) is 102 Å². The summed E-state index contributed by atoms with van der Waals surface area (Å²) in [5.74, 6) is -1.37. The van der Waals surface area contributed by atoms with Gasteiger partial charge in [0.05, 0.1) is 12.6 Å². The minimum absolute atomic E-state index is 0.0755. The van der Waals surface area contributed by atoms with Gasteiger partial charge in [-0.2, -0.15) is 0 Å². The molecule has 2 atom stereocenters. The van der Waals surface area contributed by atoms with E-state index in [9.17, 15) is 14.7 Å². The van der Waals surface area contributed by atoms with Gasteiger partial charge in [-0.3, -0.25) is 10.1 Å². The van der Waals surface area contributed by atoms with Gasteiger partial charge in [0.2, 0.25) is 5.91 Å². The summed E-state index contributed by atoms with van der Waals surface area (Å²) in [6.07, 6.45) is 0. The normalized spacial score (nSPS) is 18.3. The highest BCUT2D eigenvalue weighted by Crippen LogP contribution is 2.17. The van der Waals surface area contributed by atoms with E-state index in [1.54, 1.807) is 6.92 Å². The smallest absolute Gasteiger partial charge is 0.338 e. The van der Waals surface area contributed by atoms with E-state index in [1.165, 1.54) is 14.0 Å². The maximum atomic E-state index is 11.4. The fraction of sp³-hybridized carbons (Fsp3) is 0.818. The molecule has 0 aromatic carbocycles. The molecule has 0 bridgehead atoms. The van der Waals surface area contributed by atoms with E-state index in [0.29, 0.717) is 0 Å². The zero-order valence-electron chi connectivity index (χ0n) is 11.0. The number of hydrogen-bond acceptors (Lipinski definition) is 5. The van der Waals surface area contributed by atoms with Crippen LogP contribution in [0.1, 0.15) is 27.7 Å². The summed E-state index contributed by atoms with van der Waals surface area (Å²) in [4.78, 5) is 22.6. The molecule has 0 fully saturated rings. The Morgan fingerprint density at radius 1 is 1.41 bits per heavy atom. The maximum absolute atomic E-state index is 11.4. The van der Waals surface area contributed by atoms with E-state index < -0.39 is 23.0 Å². The number of ether oxygens (including phenoxy) is 1. The minimum Gasteiger partial charge on any atom is -0.467 e. The first-order chi connectivity index (χ1) is 7.58. The molecule has 4 N–H and O–H groups in total. The van der Waals surface area contributed by atoms with Gasteiger partial charge in [0.25, 0.3) is 0 Å². The van der Waals surface area contributed by atoms with Gasteiger partial charge in [0.1, 0.15) is 0 Å². The summed E-state index contributed by atoms with van der Waals surface area (Å²) in [7, 11) is 1.19. The molecule has 0 aliphatic carbocycles. The van der Waals surface area contributed by atoms with Crippen molar-refractivity contribution in [3.05, 3.63) is 0 Å². The number of primary amides is 1. The Morgan fingerprint density at radius 3 is 2.18 bits per heavy atom. The van der Waals surface area contributed by atoms with E-state index >= 15 is 0 Å². The van der Waals surface area contributed by atoms with Gasteiger partial charge < -0.3 is 15.6 Å². The van der Waals surface area contributed by atoms with Crippen LogP contribution < -0.4 is 11.1 Å². The highest BCUT2D eigenvalue weighted by Gasteiger charge is 2.39. The number of amides is 1. The number of carbonyl (C=O) groups excluding carboxylic acids is 2. The summed E-state index contributed by atoms with van der Waals surface area (Å²) < 4.78 is 4.46.